The van der Waals surface area contributed by atoms with E-state index < -0.39 is 5.41 Å². The highest BCUT2D eigenvalue weighted by molar-refractivity contribution is 6.31. The molecule has 204 valence electrons. The van der Waals surface area contributed by atoms with E-state index in [-0.39, 0.29) is 23.3 Å². The number of likely N-dealkylation sites (tertiary alicyclic amines) is 1. The Balaban J connectivity index is 1.26. The Labute approximate surface area is 240 Å². The zero-order valence-corrected chi connectivity index (χ0v) is 23.8. The van der Waals surface area contributed by atoms with Crippen molar-refractivity contribution in [1.82, 2.24) is 15.5 Å². The predicted molar refractivity (Wildman–Crippen MR) is 157 cm³/mol. The lowest BCUT2D eigenvalue weighted by molar-refractivity contribution is -0.124. The summed E-state index contributed by atoms with van der Waals surface area (Å²) >= 11 is 12.5. The summed E-state index contributed by atoms with van der Waals surface area (Å²) < 4.78 is 0. The fraction of sp³-hybridized carbons (Fsp3) is 0.375. The lowest BCUT2D eigenvalue weighted by Crippen LogP contribution is -2.53. The van der Waals surface area contributed by atoms with Crippen molar-refractivity contribution in [2.24, 2.45) is 5.92 Å². The third kappa shape index (κ3) is 6.01. The molecule has 2 N–H and O–H groups in total. The number of nitrogens with one attached hydrogen (secondary N) is 2. The molecule has 2 fully saturated rings. The maximum Gasteiger partial charge on any atom is 0.231 e. The standard InChI is InChI=1S/C32H35Cl2N3O2/c1-23(38)36-31(25-8-3-2-4-9-25)16-19-37(20-17-31)22-27-21-32(27,26-11-13-28(33)14-12-26)30(39)35-18-15-24-7-5-6-10-29(24)34/h2-14,27H,15-22H2,1H3,(H,35,39)(H,36,38)/t27-,32+/m0/s1. The molecule has 0 radical (unpaired) electrons. The Morgan fingerprint density at radius 3 is 2.23 bits per heavy atom. The van der Waals surface area contributed by atoms with Crippen LogP contribution in [-0.2, 0) is 27.0 Å². The van der Waals surface area contributed by atoms with Gasteiger partial charge in [-0.3, -0.25) is 9.59 Å². The molecule has 0 spiro atoms. The molecule has 2 atom stereocenters. The third-order valence-corrected chi connectivity index (χ3v) is 9.06. The van der Waals surface area contributed by atoms with Gasteiger partial charge in [-0.2, -0.15) is 0 Å². The SMILES string of the molecule is CC(=O)NC1(c2ccccc2)CCN(C[C@@H]2C[C@@]2(C(=O)NCCc2ccccc2Cl)c2ccc(Cl)cc2)CC1. The summed E-state index contributed by atoms with van der Waals surface area (Å²) in [5.74, 6) is 0.268. The van der Waals surface area contributed by atoms with E-state index in [0.29, 0.717) is 18.0 Å². The predicted octanol–water partition coefficient (Wildman–Crippen LogP) is 5.74. The second kappa shape index (κ2) is 11.7. The summed E-state index contributed by atoms with van der Waals surface area (Å²) in [6.07, 6.45) is 3.16. The number of amides is 2. The van der Waals surface area contributed by atoms with E-state index in [2.05, 4.69) is 27.7 Å². The normalized spacial score (nSPS) is 22.2. The fourth-order valence-electron chi connectivity index (χ4n) is 6.24. The van der Waals surface area contributed by atoms with Crippen molar-refractivity contribution in [3.8, 4) is 0 Å². The first kappa shape index (κ1) is 27.7. The number of carbonyl (C=O) groups excluding carboxylic acids is 2. The van der Waals surface area contributed by atoms with E-state index in [4.69, 9.17) is 23.2 Å². The van der Waals surface area contributed by atoms with Crippen LogP contribution in [0.15, 0.2) is 78.9 Å². The van der Waals surface area contributed by atoms with E-state index in [1.165, 1.54) is 0 Å². The van der Waals surface area contributed by atoms with E-state index >= 15 is 0 Å². The molecule has 0 unspecified atom stereocenters. The van der Waals surface area contributed by atoms with Crippen LogP contribution in [0.2, 0.25) is 10.0 Å². The molecule has 5 nitrogen and oxygen atoms in total. The van der Waals surface area contributed by atoms with Crippen LogP contribution in [0, 0.1) is 5.92 Å². The lowest BCUT2D eigenvalue weighted by atomic mass is 9.80. The van der Waals surface area contributed by atoms with Gasteiger partial charge < -0.3 is 15.5 Å². The van der Waals surface area contributed by atoms with Crippen LogP contribution in [0.3, 0.4) is 0 Å². The first-order valence-electron chi connectivity index (χ1n) is 13.7. The van der Waals surface area contributed by atoms with Gasteiger partial charge in [0.25, 0.3) is 0 Å². The Kier molecular flexibility index (Phi) is 8.32. The molecule has 2 aliphatic rings. The molecule has 1 heterocycles. The van der Waals surface area contributed by atoms with Gasteiger partial charge in [0.2, 0.25) is 11.8 Å². The highest BCUT2D eigenvalue weighted by Gasteiger charge is 2.61. The number of carbonyl (C=O) groups is 2. The van der Waals surface area contributed by atoms with E-state index in [9.17, 15) is 9.59 Å². The summed E-state index contributed by atoms with van der Waals surface area (Å²) in [5.41, 5.74) is 2.29. The average molecular weight is 565 g/mol. The zero-order valence-electron chi connectivity index (χ0n) is 22.3. The van der Waals surface area contributed by atoms with Gasteiger partial charge in [0.05, 0.1) is 11.0 Å². The molecule has 39 heavy (non-hydrogen) atoms. The summed E-state index contributed by atoms with van der Waals surface area (Å²) in [6.45, 7) is 4.68. The summed E-state index contributed by atoms with van der Waals surface area (Å²) in [5, 5.41) is 7.84. The van der Waals surface area contributed by atoms with E-state index in [0.717, 1.165) is 60.6 Å². The van der Waals surface area contributed by atoms with Gasteiger partial charge in [-0.25, -0.2) is 0 Å². The quantitative estimate of drug-likeness (QED) is 0.349. The molecule has 3 aromatic carbocycles. The van der Waals surface area contributed by atoms with Crippen LogP contribution in [0.4, 0.5) is 0 Å². The van der Waals surface area contributed by atoms with Crippen LogP contribution in [0.25, 0.3) is 0 Å². The van der Waals surface area contributed by atoms with Gasteiger partial charge in [-0.05, 0) is 66.5 Å². The summed E-state index contributed by atoms with van der Waals surface area (Å²) in [4.78, 5) is 28.3. The molecule has 1 aliphatic carbocycles. The third-order valence-electron chi connectivity index (χ3n) is 8.44. The first-order valence-corrected chi connectivity index (χ1v) is 14.4. The molecule has 3 aromatic rings. The van der Waals surface area contributed by atoms with Crippen molar-refractivity contribution in [2.45, 2.75) is 43.6 Å². The van der Waals surface area contributed by atoms with Crippen LogP contribution in [-0.4, -0.2) is 42.9 Å². The van der Waals surface area contributed by atoms with Gasteiger partial charge in [-0.1, -0.05) is 83.9 Å². The number of hydrogen-bond acceptors (Lipinski definition) is 3. The van der Waals surface area contributed by atoms with Crippen molar-refractivity contribution in [3.63, 3.8) is 0 Å². The second-order valence-corrected chi connectivity index (χ2v) is 11.8. The zero-order chi connectivity index (χ0) is 27.5. The number of nitrogens with zero attached hydrogens (tertiary/aromatic N) is 1. The largest absolute Gasteiger partial charge is 0.355 e. The fourth-order valence-corrected chi connectivity index (χ4v) is 6.59. The smallest absolute Gasteiger partial charge is 0.231 e. The van der Waals surface area contributed by atoms with E-state index in [1.54, 1.807) is 6.92 Å². The number of rotatable bonds is 9. The minimum atomic E-state index is -0.559. The van der Waals surface area contributed by atoms with Crippen molar-refractivity contribution >= 4 is 35.0 Å². The highest BCUT2D eigenvalue weighted by atomic mass is 35.5. The highest BCUT2D eigenvalue weighted by Crippen LogP contribution is 2.55. The topological polar surface area (TPSA) is 61.4 Å². The van der Waals surface area contributed by atoms with Crippen LogP contribution >= 0.6 is 23.2 Å². The molecule has 1 saturated carbocycles. The molecule has 1 aliphatic heterocycles. The summed E-state index contributed by atoms with van der Waals surface area (Å²) in [7, 11) is 0. The molecule has 2 amide bonds. The second-order valence-electron chi connectivity index (χ2n) is 10.9. The Morgan fingerprint density at radius 2 is 1.56 bits per heavy atom. The Morgan fingerprint density at radius 1 is 0.897 bits per heavy atom. The minimum absolute atomic E-state index is 0.00953. The monoisotopic (exact) mass is 563 g/mol. The molecule has 1 saturated heterocycles. The van der Waals surface area contributed by atoms with Gasteiger partial charge in [0.15, 0.2) is 0 Å². The van der Waals surface area contributed by atoms with Crippen molar-refractivity contribution in [2.75, 3.05) is 26.2 Å². The maximum absolute atomic E-state index is 13.7. The van der Waals surface area contributed by atoms with Gasteiger partial charge in [0, 0.05) is 43.1 Å². The number of hydrogen-bond donors (Lipinski definition) is 2. The van der Waals surface area contributed by atoms with Crippen molar-refractivity contribution < 1.29 is 9.59 Å². The van der Waals surface area contributed by atoms with E-state index in [1.807, 2.05) is 66.7 Å². The minimum Gasteiger partial charge on any atom is -0.355 e. The molecular weight excluding hydrogens is 529 g/mol. The molecular formula is C32H35Cl2N3O2. The van der Waals surface area contributed by atoms with Crippen molar-refractivity contribution in [1.29, 1.82) is 0 Å². The van der Waals surface area contributed by atoms with Crippen LogP contribution < -0.4 is 10.6 Å². The van der Waals surface area contributed by atoms with Gasteiger partial charge in [0.1, 0.15) is 0 Å². The van der Waals surface area contributed by atoms with Crippen LogP contribution in [0.1, 0.15) is 42.9 Å². The maximum atomic E-state index is 13.7. The molecule has 5 rings (SSSR count). The first-order chi connectivity index (χ1) is 18.8. The average Bonchev–Trinajstić information content (AvgIpc) is 3.66. The van der Waals surface area contributed by atoms with Gasteiger partial charge >= 0.3 is 0 Å². The van der Waals surface area contributed by atoms with Crippen molar-refractivity contribution in [3.05, 3.63) is 106 Å². The molecule has 7 heteroatoms. The lowest BCUT2D eigenvalue weighted by Gasteiger charge is -2.43. The Hall–Kier alpha value is -2.86. The summed E-state index contributed by atoms with van der Waals surface area (Å²) in [6, 6.07) is 25.7. The number of piperidine rings is 1. The molecule has 0 bridgehead atoms. The molecule has 0 aromatic heterocycles. The van der Waals surface area contributed by atoms with Crippen LogP contribution in [0.5, 0.6) is 0 Å². The number of halogens is 2. The Bertz CT molecular complexity index is 1310. The van der Waals surface area contributed by atoms with Gasteiger partial charge in [-0.15, -0.1) is 0 Å². The number of benzene rings is 3.